The predicted molar refractivity (Wildman–Crippen MR) is 63.8 cm³/mol. The van der Waals surface area contributed by atoms with Crippen LogP contribution in [0, 0.1) is 0 Å². The molecule has 0 aliphatic rings. The van der Waals surface area contributed by atoms with Crippen molar-refractivity contribution in [2.24, 2.45) is 5.73 Å². The number of nitrogens with one attached hydrogen (secondary N) is 1. The Morgan fingerprint density at radius 1 is 1.43 bits per heavy atom. The Morgan fingerprint density at radius 3 is 2.93 bits per heavy atom. The number of aromatic amines is 1. The van der Waals surface area contributed by atoms with Gasteiger partial charge in [0.05, 0.1) is 4.99 Å². The van der Waals surface area contributed by atoms with Crippen LogP contribution in [0.3, 0.4) is 0 Å². The first-order chi connectivity index (χ1) is 6.65. The molecule has 4 heteroatoms. The molecule has 0 fully saturated rings. The molecule has 0 spiro atoms. The van der Waals surface area contributed by atoms with Crippen molar-refractivity contribution in [3.63, 3.8) is 0 Å². The molecule has 0 saturated carbocycles. The van der Waals surface area contributed by atoms with E-state index in [0.29, 0.717) is 11.4 Å². The van der Waals surface area contributed by atoms with E-state index in [1.165, 1.54) is 0 Å². The van der Waals surface area contributed by atoms with Crippen LogP contribution in [0.1, 0.15) is 5.69 Å². The molecule has 2 rings (SSSR count). The van der Waals surface area contributed by atoms with Gasteiger partial charge < -0.3 is 10.7 Å². The van der Waals surface area contributed by atoms with Gasteiger partial charge in [0.25, 0.3) is 0 Å². The minimum atomic E-state index is 0.489. The highest BCUT2D eigenvalue weighted by molar-refractivity contribution is 7.80. The number of benzene rings is 1. The van der Waals surface area contributed by atoms with Gasteiger partial charge in [0.2, 0.25) is 0 Å². The molecule has 1 aromatic carbocycles. The van der Waals surface area contributed by atoms with Gasteiger partial charge in [-0.15, -0.1) is 0 Å². The lowest BCUT2D eigenvalue weighted by Gasteiger charge is -1.92. The van der Waals surface area contributed by atoms with Crippen molar-refractivity contribution in [1.29, 1.82) is 0 Å². The fourth-order valence-electron chi connectivity index (χ4n) is 1.45. The molecule has 0 unspecified atom stereocenters. The van der Waals surface area contributed by atoms with E-state index < -0.39 is 0 Å². The SMILES string of the molecule is NC(=S)Cc1cc2cc(Cl)ccc2[nH]1. The van der Waals surface area contributed by atoms with E-state index >= 15 is 0 Å². The molecule has 14 heavy (non-hydrogen) atoms. The Morgan fingerprint density at radius 2 is 2.21 bits per heavy atom. The summed E-state index contributed by atoms with van der Waals surface area (Å²) in [5, 5.41) is 1.82. The highest BCUT2D eigenvalue weighted by atomic mass is 35.5. The van der Waals surface area contributed by atoms with Crippen LogP contribution in [0.5, 0.6) is 0 Å². The predicted octanol–water partition coefficient (Wildman–Crippen LogP) is 2.65. The van der Waals surface area contributed by atoms with Gasteiger partial charge in [-0.1, -0.05) is 23.8 Å². The van der Waals surface area contributed by atoms with Crippen LogP contribution < -0.4 is 5.73 Å². The number of rotatable bonds is 2. The summed E-state index contributed by atoms with van der Waals surface area (Å²) < 4.78 is 0. The molecule has 0 aliphatic heterocycles. The molecule has 1 heterocycles. The average molecular weight is 225 g/mol. The standard InChI is InChI=1S/C10H9ClN2S/c11-7-1-2-9-6(3-7)4-8(13-9)5-10(12)14/h1-4,13H,5H2,(H2,12,14). The normalized spacial score (nSPS) is 10.6. The average Bonchev–Trinajstić information content (AvgIpc) is 2.44. The zero-order valence-corrected chi connectivity index (χ0v) is 8.95. The van der Waals surface area contributed by atoms with Crippen molar-refractivity contribution in [1.82, 2.24) is 4.98 Å². The molecule has 2 nitrogen and oxygen atoms in total. The Labute approximate surface area is 92.1 Å². The fourth-order valence-corrected chi connectivity index (χ4v) is 1.78. The number of nitrogens with two attached hydrogens (primary N) is 1. The first-order valence-electron chi connectivity index (χ1n) is 4.20. The molecule has 3 N–H and O–H groups in total. The minimum Gasteiger partial charge on any atom is -0.393 e. The lowest BCUT2D eigenvalue weighted by atomic mass is 10.2. The molecular weight excluding hydrogens is 216 g/mol. The highest BCUT2D eigenvalue weighted by Gasteiger charge is 2.01. The number of hydrogen-bond donors (Lipinski definition) is 2. The summed E-state index contributed by atoms with van der Waals surface area (Å²) in [6.45, 7) is 0. The van der Waals surface area contributed by atoms with E-state index in [-0.39, 0.29) is 0 Å². The second kappa shape index (κ2) is 3.59. The van der Waals surface area contributed by atoms with Crippen molar-refractivity contribution in [2.75, 3.05) is 0 Å². The third-order valence-electron chi connectivity index (χ3n) is 2.00. The van der Waals surface area contributed by atoms with Crippen molar-refractivity contribution in [3.8, 4) is 0 Å². The van der Waals surface area contributed by atoms with Gasteiger partial charge in [-0.05, 0) is 24.3 Å². The van der Waals surface area contributed by atoms with E-state index in [1.54, 1.807) is 0 Å². The quantitative estimate of drug-likeness (QED) is 0.771. The molecule has 72 valence electrons. The fraction of sp³-hybridized carbons (Fsp3) is 0.100. The van der Waals surface area contributed by atoms with Crippen molar-refractivity contribution in [3.05, 3.63) is 35.0 Å². The summed E-state index contributed by atoms with van der Waals surface area (Å²) in [7, 11) is 0. The number of halogens is 1. The van der Waals surface area contributed by atoms with Crippen molar-refractivity contribution < 1.29 is 0 Å². The third-order valence-corrected chi connectivity index (χ3v) is 2.38. The smallest absolute Gasteiger partial charge is 0.0786 e. The summed E-state index contributed by atoms with van der Waals surface area (Å²) in [6, 6.07) is 7.72. The number of aromatic nitrogens is 1. The van der Waals surface area contributed by atoms with E-state index in [1.807, 2.05) is 24.3 Å². The summed E-state index contributed by atoms with van der Waals surface area (Å²) >= 11 is 10.7. The highest BCUT2D eigenvalue weighted by Crippen LogP contribution is 2.20. The zero-order valence-electron chi connectivity index (χ0n) is 7.38. The molecule has 2 aromatic rings. The first-order valence-corrected chi connectivity index (χ1v) is 4.99. The van der Waals surface area contributed by atoms with Crippen LogP contribution in [-0.4, -0.2) is 9.97 Å². The van der Waals surface area contributed by atoms with Crippen LogP contribution in [-0.2, 0) is 6.42 Å². The van der Waals surface area contributed by atoms with E-state index in [2.05, 4.69) is 4.98 Å². The monoisotopic (exact) mass is 224 g/mol. The van der Waals surface area contributed by atoms with Crippen molar-refractivity contribution >= 4 is 39.7 Å². The number of fused-ring (bicyclic) bond motifs is 1. The van der Waals surface area contributed by atoms with Gasteiger partial charge >= 0.3 is 0 Å². The Kier molecular flexibility index (Phi) is 2.44. The Bertz CT molecular complexity index is 490. The van der Waals surface area contributed by atoms with Gasteiger partial charge in [-0.25, -0.2) is 0 Å². The maximum Gasteiger partial charge on any atom is 0.0786 e. The van der Waals surface area contributed by atoms with E-state index in [4.69, 9.17) is 29.6 Å². The molecule has 0 atom stereocenters. The van der Waals surface area contributed by atoms with Gasteiger partial charge in [-0.2, -0.15) is 0 Å². The summed E-state index contributed by atoms with van der Waals surface area (Å²) in [5.41, 5.74) is 7.54. The van der Waals surface area contributed by atoms with Crippen LogP contribution in [0.4, 0.5) is 0 Å². The second-order valence-electron chi connectivity index (χ2n) is 3.17. The lowest BCUT2D eigenvalue weighted by Crippen LogP contribution is -2.10. The second-order valence-corrected chi connectivity index (χ2v) is 4.13. The van der Waals surface area contributed by atoms with Gasteiger partial charge in [0.15, 0.2) is 0 Å². The zero-order chi connectivity index (χ0) is 10.1. The molecule has 0 saturated heterocycles. The topological polar surface area (TPSA) is 41.8 Å². The maximum atomic E-state index is 5.87. The third kappa shape index (κ3) is 1.89. The first kappa shape index (κ1) is 9.49. The molecule has 0 radical (unpaired) electrons. The van der Waals surface area contributed by atoms with Gasteiger partial charge in [0, 0.05) is 28.0 Å². The van der Waals surface area contributed by atoms with Crippen LogP contribution >= 0.6 is 23.8 Å². The van der Waals surface area contributed by atoms with Gasteiger partial charge in [0.1, 0.15) is 0 Å². The van der Waals surface area contributed by atoms with Crippen LogP contribution in [0.15, 0.2) is 24.3 Å². The largest absolute Gasteiger partial charge is 0.393 e. The van der Waals surface area contributed by atoms with Crippen LogP contribution in [0.2, 0.25) is 5.02 Å². The lowest BCUT2D eigenvalue weighted by molar-refractivity contribution is 1.21. The van der Waals surface area contributed by atoms with Crippen LogP contribution in [0.25, 0.3) is 10.9 Å². The summed E-state index contributed by atoms with van der Waals surface area (Å²) in [5.74, 6) is 0. The summed E-state index contributed by atoms with van der Waals surface area (Å²) in [4.78, 5) is 3.72. The van der Waals surface area contributed by atoms with Crippen molar-refractivity contribution in [2.45, 2.75) is 6.42 Å². The van der Waals surface area contributed by atoms with E-state index in [0.717, 1.165) is 21.6 Å². The van der Waals surface area contributed by atoms with E-state index in [9.17, 15) is 0 Å². The molecule has 0 bridgehead atoms. The molecule has 1 aromatic heterocycles. The number of thiocarbonyl (C=S) groups is 1. The number of hydrogen-bond acceptors (Lipinski definition) is 1. The van der Waals surface area contributed by atoms with Gasteiger partial charge in [-0.3, -0.25) is 0 Å². The molecule has 0 aliphatic carbocycles. The Hall–Kier alpha value is -1.06. The minimum absolute atomic E-state index is 0.489. The summed E-state index contributed by atoms with van der Waals surface area (Å²) in [6.07, 6.45) is 0.599. The molecular formula is C10H9ClN2S. The molecule has 0 amide bonds. The Balaban J connectivity index is 2.46. The maximum absolute atomic E-state index is 5.87. The number of H-pyrrole nitrogens is 1.